The van der Waals surface area contributed by atoms with E-state index >= 15 is 0 Å². The lowest BCUT2D eigenvalue weighted by Gasteiger charge is -2.24. The Morgan fingerprint density at radius 1 is 1.53 bits per heavy atom. The Balaban J connectivity index is 2.63. The van der Waals surface area contributed by atoms with E-state index < -0.39 is 0 Å². The number of rotatable bonds is 4. The summed E-state index contributed by atoms with van der Waals surface area (Å²) in [5.74, 6) is 1.29. The fraction of sp³-hybridized carbons (Fsp3) is 0.500. The predicted molar refractivity (Wildman–Crippen MR) is 65.5 cm³/mol. The lowest BCUT2D eigenvalue weighted by atomic mass is 10.3. The number of fused-ring (bicyclic) bond motifs is 1. The molecular formula is C10H14ClN5O. The van der Waals surface area contributed by atoms with Crippen molar-refractivity contribution in [3.05, 3.63) is 17.0 Å². The predicted octanol–water partition coefficient (Wildman–Crippen LogP) is 0.905. The van der Waals surface area contributed by atoms with Crippen molar-refractivity contribution in [2.45, 2.75) is 13.8 Å². The minimum absolute atomic E-state index is 0.0728. The summed E-state index contributed by atoms with van der Waals surface area (Å²) >= 11 is 6.07. The summed E-state index contributed by atoms with van der Waals surface area (Å²) in [6, 6.07) is 0. The lowest BCUT2D eigenvalue weighted by Crippen LogP contribution is -2.29. The molecule has 2 aromatic rings. The van der Waals surface area contributed by atoms with Gasteiger partial charge in [-0.2, -0.15) is 19.6 Å². The highest BCUT2D eigenvalue weighted by molar-refractivity contribution is 6.30. The number of aliphatic hydroxyl groups is 1. The normalized spacial score (nSPS) is 11.1. The fourth-order valence-electron chi connectivity index (χ4n) is 1.79. The number of likely N-dealkylation sites (N-methyl/N-ethyl adjacent to an activating group) is 1. The summed E-state index contributed by atoms with van der Waals surface area (Å²) in [5, 5.41) is 13.6. The van der Waals surface area contributed by atoms with Crippen LogP contribution in [0.5, 0.6) is 0 Å². The van der Waals surface area contributed by atoms with Crippen LogP contribution in [0, 0.1) is 6.92 Å². The molecule has 0 aliphatic carbocycles. The van der Waals surface area contributed by atoms with E-state index in [2.05, 4.69) is 15.1 Å². The highest BCUT2D eigenvalue weighted by Crippen LogP contribution is 2.25. The molecule has 0 unspecified atom stereocenters. The molecule has 0 radical (unpaired) electrons. The van der Waals surface area contributed by atoms with E-state index in [0.717, 1.165) is 17.9 Å². The molecule has 0 aliphatic heterocycles. The maximum Gasteiger partial charge on any atom is 0.255 e. The van der Waals surface area contributed by atoms with Crippen LogP contribution in [0.2, 0.25) is 5.15 Å². The van der Waals surface area contributed by atoms with Gasteiger partial charge in [0.25, 0.3) is 5.78 Å². The second-order valence-corrected chi connectivity index (χ2v) is 3.98. The van der Waals surface area contributed by atoms with Crippen molar-refractivity contribution in [1.29, 1.82) is 0 Å². The number of halogens is 1. The van der Waals surface area contributed by atoms with Crippen LogP contribution in [0.25, 0.3) is 5.78 Å². The molecule has 0 atom stereocenters. The van der Waals surface area contributed by atoms with Gasteiger partial charge in [-0.1, -0.05) is 11.6 Å². The van der Waals surface area contributed by atoms with Crippen molar-refractivity contribution in [2.75, 3.05) is 24.6 Å². The molecule has 0 spiro atoms. The Labute approximate surface area is 104 Å². The molecule has 0 saturated heterocycles. The average Bonchev–Trinajstić information content (AvgIpc) is 2.76. The van der Waals surface area contributed by atoms with Gasteiger partial charge in [-0.05, 0) is 13.8 Å². The smallest absolute Gasteiger partial charge is 0.255 e. The minimum atomic E-state index is 0.0728. The number of aromatic nitrogens is 4. The zero-order chi connectivity index (χ0) is 12.4. The first-order valence-electron chi connectivity index (χ1n) is 5.40. The van der Waals surface area contributed by atoms with E-state index in [0.29, 0.717) is 17.5 Å². The van der Waals surface area contributed by atoms with Gasteiger partial charge in [0.15, 0.2) is 0 Å². The quantitative estimate of drug-likeness (QED) is 0.823. The van der Waals surface area contributed by atoms with Gasteiger partial charge in [0.05, 0.1) is 6.61 Å². The summed E-state index contributed by atoms with van der Waals surface area (Å²) in [4.78, 5) is 10.2. The number of nitrogens with zero attached hydrogens (tertiary/aromatic N) is 5. The molecule has 92 valence electrons. The first-order chi connectivity index (χ1) is 8.19. The van der Waals surface area contributed by atoms with Crippen LogP contribution in [0.15, 0.2) is 6.33 Å². The fourth-order valence-corrected chi connectivity index (χ4v) is 1.95. The van der Waals surface area contributed by atoms with Gasteiger partial charge < -0.3 is 10.0 Å². The van der Waals surface area contributed by atoms with E-state index in [1.807, 2.05) is 18.7 Å². The molecule has 2 rings (SSSR count). The van der Waals surface area contributed by atoms with Crippen LogP contribution in [-0.4, -0.2) is 44.4 Å². The topological polar surface area (TPSA) is 66.5 Å². The maximum absolute atomic E-state index is 9.08. The van der Waals surface area contributed by atoms with Gasteiger partial charge >= 0.3 is 0 Å². The molecule has 6 nitrogen and oxygen atoms in total. The van der Waals surface area contributed by atoms with E-state index in [4.69, 9.17) is 16.7 Å². The van der Waals surface area contributed by atoms with Crippen molar-refractivity contribution < 1.29 is 5.11 Å². The van der Waals surface area contributed by atoms with Gasteiger partial charge in [-0.15, -0.1) is 0 Å². The van der Waals surface area contributed by atoms with E-state index in [9.17, 15) is 0 Å². The van der Waals surface area contributed by atoms with Crippen molar-refractivity contribution in [1.82, 2.24) is 19.6 Å². The second kappa shape index (κ2) is 4.85. The van der Waals surface area contributed by atoms with E-state index in [1.54, 1.807) is 4.52 Å². The number of aliphatic hydroxyl groups excluding tert-OH is 1. The molecule has 7 heteroatoms. The van der Waals surface area contributed by atoms with Gasteiger partial charge in [-0.25, -0.2) is 0 Å². The number of anilines is 1. The molecule has 0 aliphatic rings. The largest absolute Gasteiger partial charge is 0.395 e. The molecule has 17 heavy (non-hydrogen) atoms. The second-order valence-electron chi connectivity index (χ2n) is 3.63. The summed E-state index contributed by atoms with van der Waals surface area (Å²) in [6.07, 6.45) is 1.44. The zero-order valence-electron chi connectivity index (χ0n) is 9.76. The summed E-state index contributed by atoms with van der Waals surface area (Å²) in [7, 11) is 0. The Hall–Kier alpha value is -1.40. The number of hydrogen-bond acceptors (Lipinski definition) is 5. The van der Waals surface area contributed by atoms with Crippen molar-refractivity contribution in [2.24, 2.45) is 0 Å². The lowest BCUT2D eigenvalue weighted by molar-refractivity contribution is 0.302. The maximum atomic E-state index is 9.08. The molecule has 0 bridgehead atoms. The van der Waals surface area contributed by atoms with Crippen LogP contribution < -0.4 is 4.90 Å². The molecule has 0 aromatic carbocycles. The minimum Gasteiger partial charge on any atom is -0.395 e. The third-order valence-electron chi connectivity index (χ3n) is 2.62. The van der Waals surface area contributed by atoms with E-state index in [-0.39, 0.29) is 6.61 Å². The molecule has 0 saturated carbocycles. The molecule has 2 aromatic heterocycles. The van der Waals surface area contributed by atoms with Gasteiger partial charge in [0.2, 0.25) is 0 Å². The van der Waals surface area contributed by atoms with Crippen LogP contribution in [0.1, 0.15) is 12.5 Å². The Kier molecular flexibility index (Phi) is 3.44. The Bertz CT molecular complexity index is 527. The molecule has 0 fully saturated rings. The molecule has 2 heterocycles. The Morgan fingerprint density at radius 3 is 2.94 bits per heavy atom. The summed E-state index contributed by atoms with van der Waals surface area (Å²) in [6.45, 7) is 5.23. The van der Waals surface area contributed by atoms with Crippen LogP contribution in [0.3, 0.4) is 0 Å². The first kappa shape index (κ1) is 12.1. The third-order valence-corrected chi connectivity index (χ3v) is 2.99. The SMILES string of the molecule is CCN(CCO)c1c(C)c(Cl)nc2ncnn12. The third kappa shape index (κ3) is 2.05. The standard InChI is InChI=1S/C10H14ClN5O/c1-3-15(4-5-17)9-7(2)8(11)14-10-12-6-13-16(9)10/h6,17H,3-5H2,1-2H3. The Morgan fingerprint density at radius 2 is 2.29 bits per heavy atom. The summed E-state index contributed by atoms with van der Waals surface area (Å²) in [5.41, 5.74) is 0.833. The van der Waals surface area contributed by atoms with E-state index in [1.165, 1.54) is 6.33 Å². The van der Waals surface area contributed by atoms with Crippen LogP contribution in [0.4, 0.5) is 5.82 Å². The average molecular weight is 256 g/mol. The van der Waals surface area contributed by atoms with Gasteiger partial charge in [0.1, 0.15) is 17.3 Å². The van der Waals surface area contributed by atoms with Gasteiger partial charge in [0, 0.05) is 18.7 Å². The monoisotopic (exact) mass is 255 g/mol. The molecular weight excluding hydrogens is 242 g/mol. The zero-order valence-corrected chi connectivity index (χ0v) is 10.5. The highest BCUT2D eigenvalue weighted by atomic mass is 35.5. The molecule has 0 amide bonds. The van der Waals surface area contributed by atoms with Gasteiger partial charge in [-0.3, -0.25) is 0 Å². The number of hydrogen-bond donors (Lipinski definition) is 1. The highest BCUT2D eigenvalue weighted by Gasteiger charge is 2.16. The van der Waals surface area contributed by atoms with Crippen molar-refractivity contribution in [3.63, 3.8) is 0 Å². The summed E-state index contributed by atoms with van der Waals surface area (Å²) < 4.78 is 1.64. The molecule has 1 N–H and O–H groups in total. The van der Waals surface area contributed by atoms with Crippen LogP contribution >= 0.6 is 11.6 Å². The van der Waals surface area contributed by atoms with Crippen molar-refractivity contribution >= 4 is 23.2 Å². The first-order valence-corrected chi connectivity index (χ1v) is 5.78. The van der Waals surface area contributed by atoms with Crippen molar-refractivity contribution in [3.8, 4) is 0 Å². The van der Waals surface area contributed by atoms with Crippen LogP contribution in [-0.2, 0) is 0 Å².